The summed E-state index contributed by atoms with van der Waals surface area (Å²) in [6.07, 6.45) is 0.648. The number of anilines is 1. The highest BCUT2D eigenvalue weighted by atomic mass is 32.2. The number of fused-ring (bicyclic) bond motifs is 1. The van der Waals surface area contributed by atoms with Crippen LogP contribution in [0, 0.1) is 5.82 Å². The number of rotatable bonds is 6. The van der Waals surface area contributed by atoms with Crippen molar-refractivity contribution in [3.8, 4) is 0 Å². The SMILES string of the molecule is COCCCN1C(=O)C(=C2C(=O)N(Cc3ccccc3F)c3ccccc32)SC1=S. The van der Waals surface area contributed by atoms with Crippen LogP contribution in [0.4, 0.5) is 10.1 Å². The molecule has 0 radical (unpaired) electrons. The number of carbonyl (C=O) groups excluding carboxylic acids is 2. The van der Waals surface area contributed by atoms with E-state index >= 15 is 0 Å². The minimum atomic E-state index is -0.374. The molecule has 2 aromatic carbocycles. The smallest absolute Gasteiger partial charge is 0.267 e. The number of thioether (sulfide) groups is 1. The van der Waals surface area contributed by atoms with Crippen LogP contribution < -0.4 is 4.90 Å². The number of hydrogen-bond donors (Lipinski definition) is 0. The Bertz CT molecular complexity index is 1070. The van der Waals surface area contributed by atoms with Crippen LogP contribution in [0.15, 0.2) is 53.4 Å². The van der Waals surface area contributed by atoms with E-state index in [2.05, 4.69) is 0 Å². The van der Waals surface area contributed by atoms with Crippen LogP contribution in [0.3, 0.4) is 0 Å². The van der Waals surface area contributed by atoms with E-state index in [0.717, 1.165) is 11.8 Å². The van der Waals surface area contributed by atoms with Gasteiger partial charge in [0.2, 0.25) is 0 Å². The fraction of sp³-hybridized carbons (Fsp3) is 0.227. The summed E-state index contributed by atoms with van der Waals surface area (Å²) in [6.45, 7) is 1.03. The zero-order valence-corrected chi connectivity index (χ0v) is 17.9. The average molecular weight is 443 g/mol. The first kappa shape index (κ1) is 20.7. The zero-order chi connectivity index (χ0) is 21.3. The van der Waals surface area contributed by atoms with Crippen LogP contribution in [-0.2, 0) is 20.9 Å². The molecule has 1 fully saturated rings. The lowest BCUT2D eigenvalue weighted by atomic mass is 10.1. The molecule has 0 spiro atoms. The van der Waals surface area contributed by atoms with Crippen LogP contribution in [0.2, 0.25) is 0 Å². The molecule has 0 aliphatic carbocycles. The molecule has 2 amide bonds. The van der Waals surface area contributed by atoms with Crippen molar-refractivity contribution in [2.45, 2.75) is 13.0 Å². The standard InChI is InChI=1S/C22H19FN2O3S2/c1-28-12-6-11-24-21(27)19(30-22(24)29)18-15-8-3-5-10-17(15)25(20(18)26)13-14-7-2-4-9-16(14)23/h2-5,7-10H,6,11-13H2,1H3. The summed E-state index contributed by atoms with van der Waals surface area (Å²) < 4.78 is 19.7. The molecule has 5 nitrogen and oxygen atoms in total. The highest BCUT2D eigenvalue weighted by Crippen LogP contribution is 2.45. The van der Waals surface area contributed by atoms with Gasteiger partial charge in [-0.2, -0.15) is 0 Å². The monoisotopic (exact) mass is 442 g/mol. The molecule has 30 heavy (non-hydrogen) atoms. The van der Waals surface area contributed by atoms with E-state index in [1.807, 2.05) is 12.1 Å². The number of thiocarbonyl (C=S) groups is 1. The third-order valence-corrected chi connectivity index (χ3v) is 6.46. The van der Waals surface area contributed by atoms with Gasteiger partial charge in [-0.1, -0.05) is 60.4 Å². The molecule has 0 bridgehead atoms. The van der Waals surface area contributed by atoms with E-state index < -0.39 is 0 Å². The molecule has 0 atom stereocenters. The summed E-state index contributed by atoms with van der Waals surface area (Å²) in [4.78, 5) is 29.8. The van der Waals surface area contributed by atoms with Crippen LogP contribution in [0.1, 0.15) is 17.5 Å². The summed E-state index contributed by atoms with van der Waals surface area (Å²) in [5.41, 5.74) is 2.06. The van der Waals surface area contributed by atoms with Crippen molar-refractivity contribution in [1.82, 2.24) is 4.90 Å². The highest BCUT2D eigenvalue weighted by molar-refractivity contribution is 8.26. The lowest BCUT2D eigenvalue weighted by Crippen LogP contribution is -2.30. The Morgan fingerprint density at radius 2 is 1.77 bits per heavy atom. The summed E-state index contributed by atoms with van der Waals surface area (Å²) in [5.74, 6) is -0.968. The Labute approximate surface area is 183 Å². The third-order valence-electron chi connectivity index (χ3n) is 5.02. The van der Waals surface area contributed by atoms with Crippen molar-refractivity contribution in [2.75, 3.05) is 25.2 Å². The normalized spacial score (nSPS) is 18.5. The van der Waals surface area contributed by atoms with Gasteiger partial charge in [-0.15, -0.1) is 0 Å². The number of halogens is 1. The molecule has 0 saturated carbocycles. The largest absolute Gasteiger partial charge is 0.385 e. The molecule has 1 saturated heterocycles. The summed E-state index contributed by atoms with van der Waals surface area (Å²) in [6, 6.07) is 13.6. The number of benzene rings is 2. The van der Waals surface area contributed by atoms with E-state index in [0.29, 0.717) is 51.2 Å². The maximum atomic E-state index is 14.2. The maximum Gasteiger partial charge on any atom is 0.267 e. The second-order valence-corrected chi connectivity index (χ2v) is 8.52. The van der Waals surface area contributed by atoms with E-state index in [4.69, 9.17) is 17.0 Å². The summed E-state index contributed by atoms with van der Waals surface area (Å²) >= 11 is 6.53. The zero-order valence-electron chi connectivity index (χ0n) is 16.3. The summed E-state index contributed by atoms with van der Waals surface area (Å²) in [7, 11) is 1.60. The Morgan fingerprint density at radius 3 is 2.53 bits per heavy atom. The minimum absolute atomic E-state index is 0.0835. The van der Waals surface area contributed by atoms with Crippen molar-refractivity contribution in [3.05, 3.63) is 70.4 Å². The molecular formula is C22H19FN2O3S2. The van der Waals surface area contributed by atoms with Gasteiger partial charge < -0.3 is 9.64 Å². The number of para-hydroxylation sites is 1. The summed E-state index contributed by atoms with van der Waals surface area (Å²) in [5, 5.41) is 0. The predicted molar refractivity (Wildman–Crippen MR) is 119 cm³/mol. The molecular weight excluding hydrogens is 423 g/mol. The highest BCUT2D eigenvalue weighted by Gasteiger charge is 2.41. The lowest BCUT2D eigenvalue weighted by Gasteiger charge is -2.17. The molecule has 2 aliphatic heterocycles. The van der Waals surface area contributed by atoms with Gasteiger partial charge in [-0.05, 0) is 18.6 Å². The van der Waals surface area contributed by atoms with Gasteiger partial charge in [-0.3, -0.25) is 14.5 Å². The van der Waals surface area contributed by atoms with Crippen molar-refractivity contribution >= 4 is 51.4 Å². The van der Waals surface area contributed by atoms with E-state index in [9.17, 15) is 14.0 Å². The first-order valence-corrected chi connectivity index (χ1v) is 10.7. The molecule has 0 N–H and O–H groups in total. The van der Waals surface area contributed by atoms with Gasteiger partial charge in [0.15, 0.2) is 0 Å². The van der Waals surface area contributed by atoms with Crippen LogP contribution >= 0.6 is 24.0 Å². The Morgan fingerprint density at radius 1 is 1.03 bits per heavy atom. The van der Waals surface area contributed by atoms with Crippen molar-refractivity contribution < 1.29 is 18.7 Å². The molecule has 2 heterocycles. The van der Waals surface area contributed by atoms with Crippen molar-refractivity contribution in [1.29, 1.82) is 0 Å². The molecule has 8 heteroatoms. The van der Waals surface area contributed by atoms with Crippen LogP contribution in [0.5, 0.6) is 0 Å². The van der Waals surface area contributed by atoms with Gasteiger partial charge in [0.05, 0.1) is 22.7 Å². The second-order valence-electron chi connectivity index (χ2n) is 6.88. The van der Waals surface area contributed by atoms with Gasteiger partial charge in [-0.25, -0.2) is 4.39 Å². The molecule has 0 aromatic heterocycles. The second kappa shape index (κ2) is 8.67. The molecule has 2 aromatic rings. The van der Waals surface area contributed by atoms with Gasteiger partial charge >= 0.3 is 0 Å². The van der Waals surface area contributed by atoms with Crippen LogP contribution in [-0.4, -0.2) is 41.3 Å². The Balaban J connectivity index is 1.71. The average Bonchev–Trinajstić information content (AvgIpc) is 3.17. The number of ether oxygens (including phenoxy) is 1. The van der Waals surface area contributed by atoms with Crippen LogP contribution in [0.25, 0.3) is 5.57 Å². The molecule has 0 unspecified atom stereocenters. The number of hydrogen-bond acceptors (Lipinski definition) is 5. The predicted octanol–water partition coefficient (Wildman–Crippen LogP) is 3.98. The number of amides is 2. The topological polar surface area (TPSA) is 49.9 Å². The Kier molecular flexibility index (Phi) is 5.99. The fourth-order valence-corrected chi connectivity index (χ4v) is 4.94. The maximum absolute atomic E-state index is 14.2. The minimum Gasteiger partial charge on any atom is -0.385 e. The van der Waals surface area contributed by atoms with Crippen molar-refractivity contribution in [3.63, 3.8) is 0 Å². The van der Waals surface area contributed by atoms with E-state index in [-0.39, 0.29) is 24.2 Å². The first-order valence-electron chi connectivity index (χ1n) is 9.44. The lowest BCUT2D eigenvalue weighted by molar-refractivity contribution is -0.122. The number of nitrogens with zero attached hydrogens (tertiary/aromatic N) is 2. The molecule has 154 valence electrons. The van der Waals surface area contributed by atoms with Gasteiger partial charge in [0, 0.05) is 31.4 Å². The fourth-order valence-electron chi connectivity index (χ4n) is 3.56. The first-order chi connectivity index (χ1) is 14.5. The van der Waals surface area contributed by atoms with E-state index in [1.165, 1.54) is 15.9 Å². The molecule has 4 rings (SSSR count). The van der Waals surface area contributed by atoms with Gasteiger partial charge in [0.25, 0.3) is 11.8 Å². The quantitative estimate of drug-likeness (QED) is 0.385. The molecule has 2 aliphatic rings. The van der Waals surface area contributed by atoms with E-state index in [1.54, 1.807) is 37.4 Å². The van der Waals surface area contributed by atoms with Gasteiger partial charge in [0.1, 0.15) is 10.1 Å². The Hall–Kier alpha value is -2.55. The number of methoxy groups -OCH3 is 1. The van der Waals surface area contributed by atoms with Crippen molar-refractivity contribution in [2.24, 2.45) is 0 Å². The third kappa shape index (κ3) is 3.66. The number of carbonyl (C=O) groups is 2.